The average Bonchev–Trinajstić information content (AvgIpc) is 2.86. The predicted octanol–water partition coefficient (Wildman–Crippen LogP) is 2.10. The molecule has 1 aromatic carbocycles. The highest BCUT2D eigenvalue weighted by atomic mass is 16.5. The smallest absolute Gasteiger partial charge is 0.305 e. The number of anilines is 1. The molecule has 6 heteroatoms. The van der Waals surface area contributed by atoms with Crippen LogP contribution in [-0.4, -0.2) is 28.7 Å². The van der Waals surface area contributed by atoms with Crippen molar-refractivity contribution < 1.29 is 19.2 Å². The first-order valence-corrected chi connectivity index (χ1v) is 6.10. The topological polar surface area (TPSA) is 83.6 Å². The van der Waals surface area contributed by atoms with Crippen LogP contribution in [0.3, 0.4) is 0 Å². The van der Waals surface area contributed by atoms with E-state index in [2.05, 4.69) is 5.16 Å². The Labute approximate surface area is 115 Å². The van der Waals surface area contributed by atoms with Crippen molar-refractivity contribution in [2.75, 3.05) is 11.4 Å². The lowest BCUT2D eigenvalue weighted by Gasteiger charge is -2.20. The number of nitrogens with zero attached hydrogens (tertiary/aromatic N) is 2. The monoisotopic (exact) mass is 274 g/mol. The molecule has 1 aromatic heterocycles. The number of aliphatic carboxylic acids is 1. The van der Waals surface area contributed by atoms with E-state index in [-0.39, 0.29) is 24.6 Å². The third kappa shape index (κ3) is 3.23. The molecule has 20 heavy (non-hydrogen) atoms. The van der Waals surface area contributed by atoms with Gasteiger partial charge in [-0.25, -0.2) is 0 Å². The summed E-state index contributed by atoms with van der Waals surface area (Å²) in [4.78, 5) is 24.5. The number of hydrogen-bond donors (Lipinski definition) is 1. The van der Waals surface area contributed by atoms with Gasteiger partial charge in [0.15, 0.2) is 5.69 Å². The number of aryl methyl sites for hydroxylation is 1. The van der Waals surface area contributed by atoms with Gasteiger partial charge in [-0.1, -0.05) is 23.4 Å². The van der Waals surface area contributed by atoms with Gasteiger partial charge < -0.3 is 14.5 Å². The zero-order valence-corrected chi connectivity index (χ0v) is 10.9. The van der Waals surface area contributed by atoms with E-state index in [1.807, 2.05) is 6.07 Å². The van der Waals surface area contributed by atoms with Gasteiger partial charge in [-0.15, -0.1) is 0 Å². The van der Waals surface area contributed by atoms with Crippen LogP contribution in [0.25, 0.3) is 0 Å². The highest BCUT2D eigenvalue weighted by Crippen LogP contribution is 2.17. The minimum Gasteiger partial charge on any atom is -0.481 e. The molecular weight excluding hydrogens is 260 g/mol. The van der Waals surface area contributed by atoms with Gasteiger partial charge in [-0.3, -0.25) is 9.59 Å². The number of carboxylic acid groups (broad SMARTS) is 1. The first-order valence-electron chi connectivity index (χ1n) is 6.10. The molecule has 0 atom stereocenters. The SMILES string of the molecule is Cc1cc(C(=O)N(CCC(=O)O)c2ccccc2)no1. The first-order chi connectivity index (χ1) is 9.58. The van der Waals surface area contributed by atoms with Crippen LogP contribution < -0.4 is 4.90 Å². The molecule has 0 unspecified atom stereocenters. The van der Waals surface area contributed by atoms with E-state index >= 15 is 0 Å². The molecule has 104 valence electrons. The Bertz CT molecular complexity index is 607. The van der Waals surface area contributed by atoms with Crippen LogP contribution in [0.1, 0.15) is 22.7 Å². The molecule has 0 aliphatic carbocycles. The quantitative estimate of drug-likeness (QED) is 0.902. The van der Waals surface area contributed by atoms with Crippen molar-refractivity contribution in [3.63, 3.8) is 0 Å². The van der Waals surface area contributed by atoms with Crippen molar-refractivity contribution in [3.05, 3.63) is 47.9 Å². The summed E-state index contributed by atoms with van der Waals surface area (Å²) in [5, 5.41) is 12.5. The summed E-state index contributed by atoms with van der Waals surface area (Å²) in [6.45, 7) is 1.76. The summed E-state index contributed by atoms with van der Waals surface area (Å²) in [6, 6.07) is 10.4. The summed E-state index contributed by atoms with van der Waals surface area (Å²) in [7, 11) is 0. The van der Waals surface area contributed by atoms with Crippen molar-refractivity contribution >= 4 is 17.6 Å². The average molecular weight is 274 g/mol. The molecule has 1 amide bonds. The molecule has 0 saturated heterocycles. The van der Waals surface area contributed by atoms with Crippen LogP contribution in [-0.2, 0) is 4.79 Å². The van der Waals surface area contributed by atoms with Gasteiger partial charge in [-0.2, -0.15) is 0 Å². The summed E-state index contributed by atoms with van der Waals surface area (Å²) < 4.78 is 4.88. The molecule has 0 saturated carbocycles. The van der Waals surface area contributed by atoms with Gasteiger partial charge in [0.05, 0.1) is 6.42 Å². The van der Waals surface area contributed by atoms with Gasteiger partial charge >= 0.3 is 5.97 Å². The molecule has 2 rings (SSSR count). The Morgan fingerprint density at radius 2 is 2.00 bits per heavy atom. The van der Waals surface area contributed by atoms with Crippen LogP contribution in [0.4, 0.5) is 5.69 Å². The summed E-state index contributed by atoms with van der Waals surface area (Å²) in [6.07, 6.45) is -0.141. The van der Waals surface area contributed by atoms with E-state index in [4.69, 9.17) is 9.63 Å². The van der Waals surface area contributed by atoms with E-state index < -0.39 is 5.97 Å². The molecule has 0 aliphatic rings. The highest BCUT2D eigenvalue weighted by molar-refractivity contribution is 6.04. The second-order valence-electron chi connectivity index (χ2n) is 4.26. The zero-order chi connectivity index (χ0) is 14.5. The largest absolute Gasteiger partial charge is 0.481 e. The van der Waals surface area contributed by atoms with Gasteiger partial charge in [0.1, 0.15) is 5.76 Å². The zero-order valence-electron chi connectivity index (χ0n) is 10.9. The summed E-state index contributed by atoms with van der Waals surface area (Å²) in [5.74, 6) is -0.816. The maximum Gasteiger partial charge on any atom is 0.305 e. The number of para-hydroxylation sites is 1. The summed E-state index contributed by atoms with van der Waals surface area (Å²) >= 11 is 0. The third-order valence-corrected chi connectivity index (χ3v) is 2.71. The Balaban J connectivity index is 2.26. The third-order valence-electron chi connectivity index (χ3n) is 2.71. The fraction of sp³-hybridized carbons (Fsp3) is 0.214. The maximum absolute atomic E-state index is 12.4. The van der Waals surface area contributed by atoms with Gasteiger partial charge in [0, 0.05) is 18.3 Å². The van der Waals surface area contributed by atoms with Crippen LogP contribution >= 0.6 is 0 Å². The highest BCUT2D eigenvalue weighted by Gasteiger charge is 2.21. The lowest BCUT2D eigenvalue weighted by Crippen LogP contribution is -2.33. The molecule has 1 N–H and O–H groups in total. The van der Waals surface area contributed by atoms with Gasteiger partial charge in [0.25, 0.3) is 5.91 Å². The number of aromatic nitrogens is 1. The molecule has 1 heterocycles. The number of carbonyl (C=O) groups excluding carboxylic acids is 1. The number of hydrogen-bond acceptors (Lipinski definition) is 4. The first kappa shape index (κ1) is 13.8. The van der Waals surface area contributed by atoms with E-state index in [0.29, 0.717) is 11.4 Å². The maximum atomic E-state index is 12.4. The van der Waals surface area contributed by atoms with E-state index in [1.54, 1.807) is 31.2 Å². The predicted molar refractivity (Wildman–Crippen MR) is 71.6 cm³/mol. The van der Waals surface area contributed by atoms with Crippen molar-refractivity contribution in [2.45, 2.75) is 13.3 Å². The van der Waals surface area contributed by atoms with Crippen molar-refractivity contribution in [3.8, 4) is 0 Å². The van der Waals surface area contributed by atoms with Crippen molar-refractivity contribution in [1.29, 1.82) is 0 Å². The molecule has 0 radical (unpaired) electrons. The van der Waals surface area contributed by atoms with Gasteiger partial charge in [0.2, 0.25) is 0 Å². The Morgan fingerprint density at radius 3 is 2.55 bits per heavy atom. The number of carbonyl (C=O) groups is 2. The number of amides is 1. The molecule has 0 aliphatic heterocycles. The number of rotatable bonds is 5. The molecular formula is C14H14N2O4. The fourth-order valence-corrected chi connectivity index (χ4v) is 1.77. The van der Waals surface area contributed by atoms with E-state index in [1.165, 1.54) is 11.0 Å². The van der Waals surface area contributed by atoms with E-state index in [9.17, 15) is 9.59 Å². The Hall–Kier alpha value is -2.63. The van der Waals surface area contributed by atoms with Crippen LogP contribution in [0.5, 0.6) is 0 Å². The molecule has 0 spiro atoms. The molecule has 2 aromatic rings. The Morgan fingerprint density at radius 1 is 1.30 bits per heavy atom. The second-order valence-corrected chi connectivity index (χ2v) is 4.26. The molecule has 6 nitrogen and oxygen atoms in total. The standard InChI is InChI=1S/C14H14N2O4/c1-10-9-12(15-20-10)14(19)16(8-7-13(17)18)11-5-3-2-4-6-11/h2-6,9H,7-8H2,1H3,(H,17,18). The lowest BCUT2D eigenvalue weighted by atomic mass is 10.2. The minimum absolute atomic E-state index is 0.0735. The molecule has 0 fully saturated rings. The lowest BCUT2D eigenvalue weighted by molar-refractivity contribution is -0.136. The van der Waals surface area contributed by atoms with Crippen LogP contribution in [0.2, 0.25) is 0 Å². The number of carboxylic acids is 1. The Kier molecular flexibility index (Phi) is 4.14. The number of benzene rings is 1. The second kappa shape index (κ2) is 6.01. The summed E-state index contributed by atoms with van der Waals surface area (Å²) in [5.41, 5.74) is 0.788. The van der Waals surface area contributed by atoms with Crippen molar-refractivity contribution in [2.24, 2.45) is 0 Å². The fourth-order valence-electron chi connectivity index (χ4n) is 1.77. The van der Waals surface area contributed by atoms with Crippen LogP contribution in [0.15, 0.2) is 40.9 Å². The molecule has 0 bridgehead atoms. The normalized spacial score (nSPS) is 10.2. The van der Waals surface area contributed by atoms with Crippen molar-refractivity contribution in [1.82, 2.24) is 5.16 Å². The van der Waals surface area contributed by atoms with Crippen LogP contribution in [0, 0.1) is 6.92 Å². The minimum atomic E-state index is -0.963. The van der Waals surface area contributed by atoms with E-state index in [0.717, 1.165) is 0 Å². The van der Waals surface area contributed by atoms with Gasteiger partial charge in [-0.05, 0) is 19.1 Å².